The van der Waals surface area contributed by atoms with Crippen molar-refractivity contribution in [1.29, 1.82) is 0 Å². The Morgan fingerprint density at radius 1 is 0.905 bits per heavy atom. The van der Waals surface area contributed by atoms with Crippen LogP contribution in [0.25, 0.3) is 0 Å². The molecule has 1 atom stereocenters. The van der Waals surface area contributed by atoms with Crippen LogP contribution in [0, 0.1) is 0 Å². The molecule has 224 valence electrons. The molecule has 3 aromatic rings. The van der Waals surface area contributed by atoms with E-state index in [9.17, 15) is 18.0 Å². The van der Waals surface area contributed by atoms with Crippen molar-refractivity contribution >= 4 is 21.8 Å². The second-order valence-corrected chi connectivity index (χ2v) is 12.3. The van der Waals surface area contributed by atoms with Crippen LogP contribution in [0.3, 0.4) is 0 Å². The van der Waals surface area contributed by atoms with Crippen LogP contribution < -0.4 is 14.8 Å². The lowest BCUT2D eigenvalue weighted by Gasteiger charge is -2.29. The first-order chi connectivity index (χ1) is 20.2. The van der Waals surface area contributed by atoms with Crippen molar-refractivity contribution in [3.63, 3.8) is 0 Å². The van der Waals surface area contributed by atoms with Crippen LogP contribution in [-0.2, 0) is 39.1 Å². The minimum atomic E-state index is -3.49. The minimum absolute atomic E-state index is 0.165. The fourth-order valence-electron chi connectivity index (χ4n) is 4.99. The molecule has 0 unspecified atom stereocenters. The van der Waals surface area contributed by atoms with E-state index in [2.05, 4.69) is 5.32 Å². The third-order valence-electron chi connectivity index (χ3n) is 7.58. The van der Waals surface area contributed by atoms with Gasteiger partial charge in [-0.05, 0) is 67.6 Å². The number of hydrogen-bond donors (Lipinski definition) is 1. The molecule has 0 spiro atoms. The fourth-order valence-corrected chi connectivity index (χ4v) is 6.51. The third kappa shape index (κ3) is 7.68. The zero-order valence-corrected chi connectivity index (χ0v) is 25.2. The van der Waals surface area contributed by atoms with Gasteiger partial charge in [0.2, 0.25) is 21.8 Å². The van der Waals surface area contributed by atoms with Crippen LogP contribution in [0.5, 0.6) is 11.5 Å². The summed E-state index contributed by atoms with van der Waals surface area (Å²) in [6.45, 7) is 3.33. The molecule has 1 saturated heterocycles. The Morgan fingerprint density at radius 2 is 1.55 bits per heavy atom. The fraction of sp³-hybridized carbons (Fsp3) is 0.375. The molecule has 0 radical (unpaired) electrons. The van der Waals surface area contributed by atoms with E-state index in [0.717, 1.165) is 29.5 Å². The zero-order chi connectivity index (χ0) is 30.1. The van der Waals surface area contributed by atoms with Gasteiger partial charge in [-0.25, -0.2) is 8.42 Å². The Balaban J connectivity index is 1.44. The maximum absolute atomic E-state index is 13.6. The van der Waals surface area contributed by atoms with Crippen molar-refractivity contribution < 1.29 is 27.5 Å². The molecule has 3 aromatic carbocycles. The van der Waals surface area contributed by atoms with E-state index in [-0.39, 0.29) is 36.2 Å². The topological polar surface area (TPSA) is 105 Å². The number of aryl methyl sites for hydroxylation is 1. The van der Waals surface area contributed by atoms with Crippen LogP contribution >= 0.6 is 0 Å². The SMILES string of the molecule is COc1ccc(CN(C(=O)CCc2ccc(S(=O)(=O)N3CCCC3)cc2)[C@@H](C)C(=O)NCc2ccccc2OC)cc1. The van der Waals surface area contributed by atoms with Gasteiger partial charge < -0.3 is 19.7 Å². The Morgan fingerprint density at radius 3 is 2.19 bits per heavy atom. The number of amides is 2. The van der Waals surface area contributed by atoms with Crippen molar-refractivity contribution in [1.82, 2.24) is 14.5 Å². The maximum Gasteiger partial charge on any atom is 0.243 e. The van der Waals surface area contributed by atoms with E-state index >= 15 is 0 Å². The van der Waals surface area contributed by atoms with Crippen molar-refractivity contribution in [2.24, 2.45) is 0 Å². The number of para-hydroxylation sites is 1. The molecule has 1 aliphatic rings. The van der Waals surface area contributed by atoms with Crippen molar-refractivity contribution in [2.45, 2.75) is 56.6 Å². The summed E-state index contributed by atoms with van der Waals surface area (Å²) in [5.41, 5.74) is 2.55. The highest BCUT2D eigenvalue weighted by Gasteiger charge is 2.28. The van der Waals surface area contributed by atoms with Gasteiger partial charge in [-0.2, -0.15) is 4.31 Å². The van der Waals surface area contributed by atoms with E-state index in [1.807, 2.05) is 48.5 Å². The molecule has 4 rings (SSSR count). The monoisotopic (exact) mass is 593 g/mol. The summed E-state index contributed by atoms with van der Waals surface area (Å²) in [5, 5.41) is 2.94. The zero-order valence-electron chi connectivity index (χ0n) is 24.4. The van der Waals surface area contributed by atoms with E-state index in [1.165, 1.54) is 4.31 Å². The summed E-state index contributed by atoms with van der Waals surface area (Å²) in [6, 6.07) is 20.8. The van der Waals surface area contributed by atoms with E-state index in [4.69, 9.17) is 9.47 Å². The predicted molar refractivity (Wildman–Crippen MR) is 161 cm³/mol. The Labute approximate surface area is 248 Å². The maximum atomic E-state index is 13.6. The quantitative estimate of drug-likeness (QED) is 0.319. The molecule has 42 heavy (non-hydrogen) atoms. The number of rotatable bonds is 13. The minimum Gasteiger partial charge on any atom is -0.497 e. The highest BCUT2D eigenvalue weighted by Crippen LogP contribution is 2.22. The van der Waals surface area contributed by atoms with Gasteiger partial charge in [0.1, 0.15) is 17.5 Å². The van der Waals surface area contributed by atoms with Crippen molar-refractivity contribution in [3.8, 4) is 11.5 Å². The van der Waals surface area contributed by atoms with E-state index in [1.54, 1.807) is 50.3 Å². The molecule has 10 heteroatoms. The molecule has 0 aliphatic carbocycles. The van der Waals surface area contributed by atoms with Crippen molar-refractivity contribution in [2.75, 3.05) is 27.3 Å². The molecule has 0 aromatic heterocycles. The molecular formula is C32H39N3O6S. The molecule has 0 bridgehead atoms. The summed E-state index contributed by atoms with van der Waals surface area (Å²) in [5.74, 6) is 0.920. The average molecular weight is 594 g/mol. The second kappa shape index (κ2) is 14.3. The molecule has 9 nitrogen and oxygen atoms in total. The van der Waals surface area contributed by atoms with E-state index < -0.39 is 16.1 Å². The average Bonchev–Trinajstić information content (AvgIpc) is 3.58. The summed E-state index contributed by atoms with van der Waals surface area (Å²) in [4.78, 5) is 28.6. The van der Waals surface area contributed by atoms with Crippen LogP contribution in [-0.4, -0.2) is 62.8 Å². The molecule has 1 heterocycles. The van der Waals surface area contributed by atoms with Gasteiger partial charge >= 0.3 is 0 Å². The lowest BCUT2D eigenvalue weighted by molar-refractivity contribution is -0.140. The molecule has 2 amide bonds. The van der Waals surface area contributed by atoms with Gasteiger partial charge in [0.05, 0.1) is 19.1 Å². The number of sulfonamides is 1. The first-order valence-corrected chi connectivity index (χ1v) is 15.6. The molecule has 0 saturated carbocycles. The normalized spacial score (nSPS) is 14.3. The standard InChI is InChI=1S/C32H39N3O6S/c1-24(32(37)33-22-27-8-4-5-9-30(27)41-3)35(23-26-10-15-28(40-2)16-11-26)31(36)19-14-25-12-17-29(18-13-25)42(38,39)34-20-6-7-21-34/h4-5,8-13,15-18,24H,6-7,14,19-23H2,1-3H3,(H,33,37)/t24-/m0/s1. The van der Waals surface area contributed by atoms with E-state index in [0.29, 0.717) is 31.0 Å². The van der Waals surface area contributed by atoms with Gasteiger partial charge in [-0.1, -0.05) is 42.5 Å². The van der Waals surface area contributed by atoms with Crippen molar-refractivity contribution in [3.05, 3.63) is 89.5 Å². The van der Waals surface area contributed by atoms with Gasteiger partial charge in [0, 0.05) is 38.2 Å². The van der Waals surface area contributed by atoms with Crippen LogP contribution in [0.4, 0.5) is 0 Å². The van der Waals surface area contributed by atoms with Crippen LogP contribution in [0.1, 0.15) is 42.9 Å². The lowest BCUT2D eigenvalue weighted by Crippen LogP contribution is -2.47. The first kappa shape index (κ1) is 31.1. The number of carbonyl (C=O) groups excluding carboxylic acids is 2. The van der Waals surface area contributed by atoms with Gasteiger partial charge in [0.25, 0.3) is 0 Å². The number of benzene rings is 3. The first-order valence-electron chi connectivity index (χ1n) is 14.1. The smallest absolute Gasteiger partial charge is 0.243 e. The predicted octanol–water partition coefficient (Wildman–Crippen LogP) is 4.15. The van der Waals surface area contributed by atoms with Crippen LogP contribution in [0.2, 0.25) is 0 Å². The highest BCUT2D eigenvalue weighted by molar-refractivity contribution is 7.89. The third-order valence-corrected chi connectivity index (χ3v) is 9.49. The summed E-state index contributed by atoms with van der Waals surface area (Å²) < 4.78 is 37.8. The number of ether oxygens (including phenoxy) is 2. The van der Waals surface area contributed by atoms with Gasteiger partial charge in [-0.3, -0.25) is 9.59 Å². The molecule has 1 aliphatic heterocycles. The number of hydrogen-bond acceptors (Lipinski definition) is 6. The number of carbonyl (C=O) groups is 2. The van der Waals surface area contributed by atoms with Gasteiger partial charge in [-0.15, -0.1) is 0 Å². The van der Waals surface area contributed by atoms with Crippen LogP contribution in [0.15, 0.2) is 77.7 Å². The number of nitrogens with zero attached hydrogens (tertiary/aromatic N) is 2. The Hall–Kier alpha value is -3.89. The summed E-state index contributed by atoms with van der Waals surface area (Å²) >= 11 is 0. The molecule has 1 N–H and O–H groups in total. The summed E-state index contributed by atoms with van der Waals surface area (Å²) in [7, 11) is -0.321. The lowest BCUT2D eigenvalue weighted by atomic mass is 10.1. The summed E-state index contributed by atoms with van der Waals surface area (Å²) in [6.07, 6.45) is 2.34. The molecular weight excluding hydrogens is 554 g/mol. The number of nitrogens with one attached hydrogen (secondary N) is 1. The highest BCUT2D eigenvalue weighted by atomic mass is 32.2. The molecule has 1 fully saturated rings. The second-order valence-electron chi connectivity index (χ2n) is 10.3. The number of methoxy groups -OCH3 is 2. The Bertz CT molecular complexity index is 1450. The largest absolute Gasteiger partial charge is 0.497 e. The Kier molecular flexibility index (Phi) is 10.6. The van der Waals surface area contributed by atoms with Gasteiger partial charge in [0.15, 0.2) is 0 Å².